The van der Waals surface area contributed by atoms with Crippen molar-refractivity contribution in [3.05, 3.63) is 76.4 Å². The van der Waals surface area contributed by atoms with E-state index in [4.69, 9.17) is 8.83 Å². The molecule has 10 heteroatoms. The molecule has 3 aromatic heterocycles. The summed E-state index contributed by atoms with van der Waals surface area (Å²) in [6.45, 7) is 1.37. The van der Waals surface area contributed by atoms with Crippen LogP contribution in [-0.4, -0.2) is 44.6 Å². The van der Waals surface area contributed by atoms with Gasteiger partial charge in [0.25, 0.3) is 5.91 Å². The number of H-pyrrole nitrogens is 1. The number of hydrogen-bond donors (Lipinski definition) is 2. The largest absolute Gasteiger partial charge is 0.467 e. The maximum absolute atomic E-state index is 12.8. The molecule has 4 heterocycles. The number of fused-ring (bicyclic) bond motifs is 1. The molecule has 1 aromatic carbocycles. The summed E-state index contributed by atoms with van der Waals surface area (Å²) < 4.78 is 11.8. The first-order valence-corrected chi connectivity index (χ1v) is 10.8. The molecular formula is C23H23N5O5. The molecule has 170 valence electrons. The van der Waals surface area contributed by atoms with Crippen molar-refractivity contribution in [2.24, 2.45) is 0 Å². The molecule has 1 aliphatic rings. The lowest BCUT2D eigenvalue weighted by molar-refractivity contribution is -0.132. The van der Waals surface area contributed by atoms with Gasteiger partial charge in [-0.15, -0.1) is 0 Å². The van der Waals surface area contributed by atoms with E-state index in [-0.39, 0.29) is 24.3 Å². The maximum Gasteiger partial charge on any atom is 0.420 e. The van der Waals surface area contributed by atoms with Crippen LogP contribution in [0.25, 0.3) is 11.1 Å². The highest BCUT2D eigenvalue weighted by Crippen LogP contribution is 2.27. The Morgan fingerprint density at radius 2 is 1.97 bits per heavy atom. The lowest BCUT2D eigenvalue weighted by Gasteiger charge is -2.31. The Morgan fingerprint density at radius 1 is 1.15 bits per heavy atom. The number of amides is 2. The van der Waals surface area contributed by atoms with Crippen LogP contribution in [0.15, 0.2) is 62.4 Å². The molecule has 0 atom stereocenters. The molecule has 5 rings (SSSR count). The Morgan fingerprint density at radius 3 is 2.76 bits per heavy atom. The van der Waals surface area contributed by atoms with Crippen LogP contribution in [0.2, 0.25) is 0 Å². The van der Waals surface area contributed by atoms with Gasteiger partial charge in [0.15, 0.2) is 5.58 Å². The zero-order valence-electron chi connectivity index (χ0n) is 17.8. The molecule has 2 N–H and O–H groups in total. The van der Waals surface area contributed by atoms with Gasteiger partial charge in [0.2, 0.25) is 5.91 Å². The van der Waals surface area contributed by atoms with Gasteiger partial charge in [-0.3, -0.25) is 19.3 Å². The molecule has 0 spiro atoms. The summed E-state index contributed by atoms with van der Waals surface area (Å²) in [5, 5.41) is 9.87. The molecule has 4 aromatic rings. The number of carbonyl (C=O) groups is 2. The molecule has 1 fully saturated rings. The van der Waals surface area contributed by atoms with Crippen LogP contribution in [0.3, 0.4) is 0 Å². The summed E-state index contributed by atoms with van der Waals surface area (Å²) in [6.07, 6.45) is 3.03. The number of aromatic nitrogens is 3. The number of nitrogens with one attached hydrogen (secondary N) is 2. The summed E-state index contributed by atoms with van der Waals surface area (Å²) in [5.74, 6) is -0.0915. The van der Waals surface area contributed by atoms with Crippen molar-refractivity contribution in [3.8, 4) is 0 Å². The molecule has 0 unspecified atom stereocenters. The Balaban J connectivity index is 1.16. The number of aromatic amines is 1. The summed E-state index contributed by atoms with van der Waals surface area (Å²) in [5.41, 5.74) is 2.28. The second kappa shape index (κ2) is 8.81. The van der Waals surface area contributed by atoms with Crippen molar-refractivity contribution >= 4 is 22.9 Å². The highest BCUT2D eigenvalue weighted by Gasteiger charge is 2.26. The van der Waals surface area contributed by atoms with Crippen LogP contribution in [0, 0.1) is 0 Å². The number of carbonyl (C=O) groups excluding carboxylic acids is 2. The normalized spacial score (nSPS) is 14.6. The molecule has 0 radical (unpaired) electrons. The van der Waals surface area contributed by atoms with Gasteiger partial charge in [0.1, 0.15) is 18.0 Å². The van der Waals surface area contributed by atoms with Crippen LogP contribution < -0.4 is 11.1 Å². The monoisotopic (exact) mass is 449 g/mol. The third kappa shape index (κ3) is 4.32. The number of oxazole rings is 1. The molecule has 0 saturated carbocycles. The van der Waals surface area contributed by atoms with Crippen LogP contribution in [0.5, 0.6) is 0 Å². The van der Waals surface area contributed by atoms with Crippen molar-refractivity contribution in [1.29, 1.82) is 0 Å². The van der Waals surface area contributed by atoms with Crippen LogP contribution >= 0.6 is 0 Å². The Bertz CT molecular complexity index is 1320. The molecule has 1 saturated heterocycles. The van der Waals surface area contributed by atoms with Crippen LogP contribution in [-0.2, 0) is 17.9 Å². The smallest absolute Gasteiger partial charge is 0.420 e. The Labute approximate surface area is 188 Å². The first kappa shape index (κ1) is 20.8. The van der Waals surface area contributed by atoms with Gasteiger partial charge >= 0.3 is 5.76 Å². The van der Waals surface area contributed by atoms with Crippen molar-refractivity contribution < 1.29 is 18.4 Å². The van der Waals surface area contributed by atoms with E-state index in [1.807, 2.05) is 0 Å². The minimum atomic E-state index is -0.533. The molecule has 0 bridgehead atoms. The highest BCUT2D eigenvalue weighted by atomic mass is 16.4. The third-order valence-corrected chi connectivity index (χ3v) is 5.99. The Kier molecular flexibility index (Phi) is 5.55. The molecule has 10 nitrogen and oxygen atoms in total. The number of likely N-dealkylation sites (tertiary alicyclic amines) is 1. The molecule has 0 aliphatic carbocycles. The van der Waals surface area contributed by atoms with E-state index >= 15 is 0 Å². The average molecular weight is 449 g/mol. The number of furan rings is 1. The molecule has 1 aliphatic heterocycles. The fraction of sp³-hybridized carbons (Fsp3) is 0.304. The number of hydrogen-bond acceptors (Lipinski definition) is 6. The lowest BCUT2D eigenvalue weighted by atomic mass is 9.93. The second-order valence-electron chi connectivity index (χ2n) is 8.05. The van der Waals surface area contributed by atoms with Crippen molar-refractivity contribution in [1.82, 2.24) is 25.0 Å². The van der Waals surface area contributed by atoms with E-state index in [1.54, 1.807) is 53.6 Å². The number of para-hydroxylation sites is 2. The van der Waals surface area contributed by atoms with Crippen molar-refractivity contribution in [2.75, 3.05) is 13.1 Å². The minimum Gasteiger partial charge on any atom is -0.467 e. The SMILES string of the molecule is O=C(NCc1ccco1)c1cc(C2CCN(C(=O)Cn3c(=O)oc4ccccc43)CC2)[nH]n1. The standard InChI is InChI=1S/C23H23N5O5/c29-21(14-28-19-5-1-2-6-20(19)33-23(28)31)27-9-7-15(8-10-27)17-12-18(26-25-17)22(30)24-13-16-4-3-11-32-16/h1-6,11-12,15H,7-10,13-14H2,(H,24,30)(H,25,26). The topological polar surface area (TPSA) is 126 Å². The zero-order chi connectivity index (χ0) is 22.8. The van der Waals surface area contributed by atoms with E-state index in [2.05, 4.69) is 15.5 Å². The summed E-state index contributed by atoms with van der Waals surface area (Å²) in [4.78, 5) is 39.0. The van der Waals surface area contributed by atoms with E-state index in [0.717, 1.165) is 18.5 Å². The van der Waals surface area contributed by atoms with Crippen molar-refractivity contribution in [2.45, 2.75) is 31.8 Å². The zero-order valence-corrected chi connectivity index (χ0v) is 17.8. The molecule has 2 amide bonds. The highest BCUT2D eigenvalue weighted by molar-refractivity contribution is 5.92. The number of rotatable bonds is 6. The first-order valence-electron chi connectivity index (χ1n) is 10.8. The van der Waals surface area contributed by atoms with Gasteiger partial charge in [0.05, 0.1) is 18.3 Å². The van der Waals surface area contributed by atoms with Crippen molar-refractivity contribution in [3.63, 3.8) is 0 Å². The number of benzene rings is 1. The minimum absolute atomic E-state index is 0.0510. The number of nitrogens with zero attached hydrogens (tertiary/aromatic N) is 3. The summed E-state index contributed by atoms with van der Waals surface area (Å²) in [7, 11) is 0. The quantitative estimate of drug-likeness (QED) is 0.465. The second-order valence-corrected chi connectivity index (χ2v) is 8.05. The van der Waals surface area contributed by atoms with E-state index in [1.165, 1.54) is 4.57 Å². The molecule has 33 heavy (non-hydrogen) atoms. The van der Waals surface area contributed by atoms with Gasteiger partial charge in [-0.1, -0.05) is 12.1 Å². The average Bonchev–Trinajstić information content (AvgIpc) is 3.59. The predicted octanol–water partition coefficient (Wildman–Crippen LogP) is 2.25. The maximum atomic E-state index is 12.8. The van der Waals surface area contributed by atoms with E-state index < -0.39 is 5.76 Å². The van der Waals surface area contributed by atoms with Gasteiger partial charge < -0.3 is 19.1 Å². The fourth-order valence-corrected chi connectivity index (χ4v) is 4.17. The first-order chi connectivity index (χ1) is 16.1. The lowest BCUT2D eigenvalue weighted by Crippen LogP contribution is -2.40. The van der Waals surface area contributed by atoms with Gasteiger partial charge in [0, 0.05) is 24.7 Å². The third-order valence-electron chi connectivity index (χ3n) is 5.99. The van der Waals surface area contributed by atoms with Gasteiger partial charge in [-0.2, -0.15) is 5.10 Å². The van der Waals surface area contributed by atoms with E-state index in [9.17, 15) is 14.4 Å². The van der Waals surface area contributed by atoms with Crippen LogP contribution in [0.1, 0.15) is 40.7 Å². The fourth-order valence-electron chi connectivity index (χ4n) is 4.17. The predicted molar refractivity (Wildman–Crippen MR) is 117 cm³/mol. The van der Waals surface area contributed by atoms with Gasteiger partial charge in [-0.25, -0.2) is 4.79 Å². The van der Waals surface area contributed by atoms with E-state index in [0.29, 0.717) is 42.2 Å². The summed E-state index contributed by atoms with van der Waals surface area (Å²) >= 11 is 0. The van der Waals surface area contributed by atoms with Gasteiger partial charge in [-0.05, 0) is 43.2 Å². The summed E-state index contributed by atoms with van der Waals surface area (Å²) in [6, 6.07) is 12.4. The number of piperidine rings is 1. The molecular weight excluding hydrogens is 426 g/mol. The van der Waals surface area contributed by atoms with Crippen LogP contribution in [0.4, 0.5) is 0 Å². The Hall–Kier alpha value is -4.08.